The van der Waals surface area contributed by atoms with Crippen LogP contribution in [0.1, 0.15) is 11.1 Å². The van der Waals surface area contributed by atoms with E-state index in [2.05, 4.69) is 5.32 Å². The number of rotatable bonds is 4. The number of ether oxygens (including phenoxy) is 1. The first kappa shape index (κ1) is 15.1. The molecule has 0 saturated carbocycles. The molecule has 0 spiro atoms. The minimum atomic E-state index is -1.03. The zero-order chi connectivity index (χ0) is 16.4. The minimum absolute atomic E-state index is 0.187. The fraction of sp³-hybridized carbons (Fsp3) is 0.0588. The molecule has 0 bridgehead atoms. The van der Waals surface area contributed by atoms with Gasteiger partial charge in [0.1, 0.15) is 5.75 Å². The van der Waals surface area contributed by atoms with E-state index in [1.807, 2.05) is 0 Å². The molecule has 0 unspecified atom stereocenters. The smallest absolute Gasteiger partial charge is 0.341 e. The Kier molecular flexibility index (Phi) is 4.04. The molecular weight excluding hydrogens is 318 g/mol. The molecular formula is C17H12ClNO4. The molecule has 0 fully saturated rings. The van der Waals surface area contributed by atoms with Gasteiger partial charge in [-0.2, -0.15) is 0 Å². The second kappa shape index (κ2) is 6.14. The Balaban J connectivity index is 1.85. The number of anilines is 1. The topological polar surface area (TPSA) is 75.6 Å². The predicted molar refractivity (Wildman–Crippen MR) is 87.5 cm³/mol. The van der Waals surface area contributed by atoms with Gasteiger partial charge in [-0.15, -0.1) is 0 Å². The molecule has 1 heterocycles. The molecule has 6 heteroatoms. The molecule has 1 aliphatic rings. The summed E-state index contributed by atoms with van der Waals surface area (Å²) in [5, 5.41) is 11.9. The summed E-state index contributed by atoms with van der Waals surface area (Å²) in [6, 6.07) is 12.1. The molecule has 0 aliphatic carbocycles. The van der Waals surface area contributed by atoms with Crippen LogP contribution in [0, 0.1) is 0 Å². The normalized spacial score (nSPS) is 14.5. The van der Waals surface area contributed by atoms with Gasteiger partial charge in [-0.25, -0.2) is 4.79 Å². The number of benzene rings is 2. The van der Waals surface area contributed by atoms with Crippen LogP contribution in [0.3, 0.4) is 0 Å². The Morgan fingerprint density at radius 3 is 2.65 bits per heavy atom. The zero-order valence-electron chi connectivity index (χ0n) is 11.9. The van der Waals surface area contributed by atoms with Crippen LogP contribution in [0.25, 0.3) is 11.6 Å². The van der Waals surface area contributed by atoms with Crippen LogP contribution < -0.4 is 10.1 Å². The van der Waals surface area contributed by atoms with Crippen molar-refractivity contribution in [3.8, 4) is 5.75 Å². The highest BCUT2D eigenvalue weighted by Crippen LogP contribution is 2.34. The first-order chi connectivity index (χ1) is 11.0. The Morgan fingerprint density at radius 1 is 1.22 bits per heavy atom. The van der Waals surface area contributed by atoms with Crippen molar-refractivity contribution in [2.75, 3.05) is 11.9 Å². The molecule has 116 valence electrons. The Morgan fingerprint density at radius 2 is 1.96 bits per heavy atom. The summed E-state index contributed by atoms with van der Waals surface area (Å²) >= 11 is 5.92. The number of hydrogen-bond acceptors (Lipinski definition) is 3. The van der Waals surface area contributed by atoms with E-state index in [-0.39, 0.29) is 5.91 Å². The first-order valence-electron chi connectivity index (χ1n) is 6.80. The fourth-order valence-electron chi connectivity index (χ4n) is 2.28. The maximum absolute atomic E-state index is 12.1. The maximum atomic E-state index is 12.1. The Hall–Kier alpha value is -2.79. The van der Waals surface area contributed by atoms with Crippen molar-refractivity contribution in [2.45, 2.75) is 0 Å². The van der Waals surface area contributed by atoms with Crippen LogP contribution >= 0.6 is 11.6 Å². The SMILES string of the molecule is O=C(O)COc1ccc(/C=C2/C(=O)Nc3cc(Cl)ccc32)cc1. The number of amides is 1. The highest BCUT2D eigenvalue weighted by Gasteiger charge is 2.23. The van der Waals surface area contributed by atoms with Gasteiger partial charge in [0.05, 0.1) is 5.69 Å². The van der Waals surface area contributed by atoms with Gasteiger partial charge in [0, 0.05) is 16.2 Å². The van der Waals surface area contributed by atoms with E-state index in [1.165, 1.54) is 0 Å². The molecule has 5 nitrogen and oxygen atoms in total. The molecule has 2 N–H and O–H groups in total. The van der Waals surface area contributed by atoms with E-state index in [0.717, 1.165) is 11.1 Å². The van der Waals surface area contributed by atoms with Gasteiger partial charge >= 0.3 is 5.97 Å². The number of carboxylic acids is 1. The number of nitrogens with one attached hydrogen (secondary N) is 1. The molecule has 23 heavy (non-hydrogen) atoms. The van der Waals surface area contributed by atoms with Crippen molar-refractivity contribution in [2.24, 2.45) is 0 Å². The van der Waals surface area contributed by atoms with Crippen LogP contribution in [0.4, 0.5) is 5.69 Å². The van der Waals surface area contributed by atoms with E-state index in [0.29, 0.717) is 22.0 Å². The molecule has 1 aliphatic heterocycles. The molecule has 2 aromatic rings. The molecule has 0 radical (unpaired) electrons. The van der Waals surface area contributed by atoms with Crippen molar-refractivity contribution >= 4 is 40.8 Å². The van der Waals surface area contributed by atoms with Crippen molar-refractivity contribution in [3.63, 3.8) is 0 Å². The quantitative estimate of drug-likeness (QED) is 0.844. The Bertz CT molecular complexity index is 812. The van der Waals surface area contributed by atoms with Gasteiger partial charge in [0.25, 0.3) is 5.91 Å². The summed E-state index contributed by atoms with van der Waals surface area (Å²) in [7, 11) is 0. The number of fused-ring (bicyclic) bond motifs is 1. The van der Waals surface area contributed by atoms with Crippen LogP contribution in [-0.2, 0) is 9.59 Å². The van der Waals surface area contributed by atoms with Crippen LogP contribution in [0.5, 0.6) is 5.75 Å². The highest BCUT2D eigenvalue weighted by atomic mass is 35.5. The number of aliphatic carboxylic acids is 1. The average molecular weight is 330 g/mol. The highest BCUT2D eigenvalue weighted by molar-refractivity contribution is 6.36. The van der Waals surface area contributed by atoms with Gasteiger partial charge in [0.15, 0.2) is 6.61 Å². The molecule has 0 saturated heterocycles. The zero-order valence-corrected chi connectivity index (χ0v) is 12.6. The van der Waals surface area contributed by atoms with Crippen molar-refractivity contribution < 1.29 is 19.4 Å². The van der Waals surface area contributed by atoms with Gasteiger partial charge < -0.3 is 15.2 Å². The molecule has 2 aromatic carbocycles. The lowest BCUT2D eigenvalue weighted by Gasteiger charge is -2.03. The average Bonchev–Trinajstić information content (AvgIpc) is 2.81. The third kappa shape index (κ3) is 3.35. The van der Waals surface area contributed by atoms with Crippen LogP contribution in [0.15, 0.2) is 42.5 Å². The van der Waals surface area contributed by atoms with Gasteiger partial charge in [-0.05, 0) is 35.9 Å². The van der Waals surface area contributed by atoms with E-state index in [4.69, 9.17) is 21.4 Å². The summed E-state index contributed by atoms with van der Waals surface area (Å²) in [5.74, 6) is -0.764. The molecule has 3 rings (SSSR count). The van der Waals surface area contributed by atoms with E-state index < -0.39 is 12.6 Å². The van der Waals surface area contributed by atoms with Crippen LogP contribution in [-0.4, -0.2) is 23.6 Å². The molecule has 0 aromatic heterocycles. The lowest BCUT2D eigenvalue weighted by atomic mass is 10.0. The maximum Gasteiger partial charge on any atom is 0.341 e. The number of carboxylic acid groups (broad SMARTS) is 1. The van der Waals surface area contributed by atoms with Crippen molar-refractivity contribution in [1.29, 1.82) is 0 Å². The second-order valence-corrected chi connectivity index (χ2v) is 5.39. The lowest BCUT2D eigenvalue weighted by Crippen LogP contribution is -2.09. The standard InChI is InChI=1S/C17H12ClNO4/c18-11-3-6-13-14(17(22)19-15(13)8-11)7-10-1-4-12(5-2-10)23-9-16(20)21/h1-8H,9H2,(H,19,22)(H,20,21)/b14-7+. The number of carbonyl (C=O) groups excluding carboxylic acids is 1. The number of carbonyl (C=O) groups is 2. The number of halogens is 1. The van der Waals surface area contributed by atoms with E-state index in [1.54, 1.807) is 48.5 Å². The molecule has 1 amide bonds. The summed E-state index contributed by atoms with van der Waals surface area (Å²) < 4.78 is 5.07. The van der Waals surface area contributed by atoms with E-state index in [9.17, 15) is 9.59 Å². The third-order valence-corrected chi connectivity index (χ3v) is 3.55. The second-order valence-electron chi connectivity index (χ2n) is 4.95. The largest absolute Gasteiger partial charge is 0.482 e. The summed E-state index contributed by atoms with van der Waals surface area (Å²) in [4.78, 5) is 22.5. The van der Waals surface area contributed by atoms with Crippen molar-refractivity contribution in [1.82, 2.24) is 0 Å². The van der Waals surface area contributed by atoms with Gasteiger partial charge in [0.2, 0.25) is 0 Å². The summed E-state index contributed by atoms with van der Waals surface area (Å²) in [6.45, 7) is -0.392. The molecule has 0 atom stereocenters. The summed E-state index contributed by atoms with van der Waals surface area (Å²) in [5.41, 5.74) is 2.84. The van der Waals surface area contributed by atoms with Gasteiger partial charge in [-0.1, -0.05) is 29.8 Å². The number of hydrogen-bond donors (Lipinski definition) is 2. The van der Waals surface area contributed by atoms with Gasteiger partial charge in [-0.3, -0.25) is 4.79 Å². The van der Waals surface area contributed by atoms with E-state index >= 15 is 0 Å². The Labute approximate surface area is 137 Å². The summed E-state index contributed by atoms with van der Waals surface area (Å²) in [6.07, 6.45) is 1.76. The lowest BCUT2D eigenvalue weighted by molar-refractivity contribution is -0.139. The predicted octanol–water partition coefficient (Wildman–Crippen LogP) is 3.30. The first-order valence-corrected chi connectivity index (χ1v) is 7.18. The fourth-order valence-corrected chi connectivity index (χ4v) is 2.45. The monoisotopic (exact) mass is 329 g/mol. The third-order valence-electron chi connectivity index (χ3n) is 3.32. The van der Waals surface area contributed by atoms with Crippen LogP contribution in [0.2, 0.25) is 5.02 Å². The minimum Gasteiger partial charge on any atom is -0.482 e. The van der Waals surface area contributed by atoms with Crippen molar-refractivity contribution in [3.05, 3.63) is 58.6 Å².